The molecule has 0 amide bonds. The van der Waals surface area contributed by atoms with Gasteiger partial charge in [0.15, 0.2) is 12.3 Å². The molecule has 3 aromatic rings. The molecule has 0 saturated carbocycles. The molecule has 1 aromatic carbocycles. The third-order valence-corrected chi connectivity index (χ3v) is 5.74. The van der Waals surface area contributed by atoms with Crippen molar-refractivity contribution in [1.82, 2.24) is 14.5 Å². The fourth-order valence-corrected chi connectivity index (χ4v) is 4.25. The molecule has 0 radical (unpaired) electrons. The number of benzene rings is 1. The molecule has 7 nitrogen and oxygen atoms in total. The van der Waals surface area contributed by atoms with Crippen LogP contribution in [0.5, 0.6) is 0 Å². The second-order valence-corrected chi connectivity index (χ2v) is 7.72. The van der Waals surface area contributed by atoms with Gasteiger partial charge in [0, 0.05) is 12.1 Å². The number of hydrogen-bond donors (Lipinski definition) is 0. The molecule has 0 bridgehead atoms. The van der Waals surface area contributed by atoms with E-state index in [1.807, 2.05) is 19.9 Å². The Balaban J connectivity index is 1.78. The lowest BCUT2D eigenvalue weighted by Gasteiger charge is -2.23. The summed E-state index contributed by atoms with van der Waals surface area (Å²) in [7, 11) is 0. The van der Waals surface area contributed by atoms with Gasteiger partial charge in [-0.05, 0) is 25.5 Å². The summed E-state index contributed by atoms with van der Waals surface area (Å²) in [6, 6.07) is 8.86. The molecule has 1 fully saturated rings. The highest BCUT2D eigenvalue weighted by molar-refractivity contribution is 6.35. The number of rotatable bonds is 4. The van der Waals surface area contributed by atoms with E-state index in [4.69, 9.17) is 27.6 Å². The Kier molecular flexibility index (Phi) is 5.46. The quantitative estimate of drug-likeness (QED) is 0.330. The lowest BCUT2D eigenvalue weighted by atomic mass is 9.98. The van der Waals surface area contributed by atoms with Crippen LogP contribution < -0.4 is 0 Å². The number of halogens is 1. The fourth-order valence-electron chi connectivity index (χ4n) is 3.94. The van der Waals surface area contributed by atoms with Gasteiger partial charge in [-0.15, -0.1) is 0 Å². The van der Waals surface area contributed by atoms with E-state index < -0.39 is 18.3 Å². The standard InChI is InChI=1S/C22H21ClN4O3/c1-5-16-12(2)18(30-22(28)14-9-7-6-8-10-14)21(29-16)27-11-15(24-4)17-19(23)25-13(3)26-20(17)27/h6-12,16,18,21H,5H2,1-3H3/t12-,16-,18?,21-/m1/s1. The summed E-state index contributed by atoms with van der Waals surface area (Å²) < 4.78 is 14.0. The van der Waals surface area contributed by atoms with Gasteiger partial charge in [-0.1, -0.05) is 43.6 Å². The number of hydrogen-bond acceptors (Lipinski definition) is 5. The number of esters is 1. The van der Waals surface area contributed by atoms with Crippen molar-refractivity contribution in [2.75, 3.05) is 0 Å². The summed E-state index contributed by atoms with van der Waals surface area (Å²) in [5.74, 6) is 0.0303. The average molecular weight is 425 g/mol. The molecule has 2 aromatic heterocycles. The summed E-state index contributed by atoms with van der Waals surface area (Å²) in [5.41, 5.74) is 1.30. The molecule has 1 saturated heterocycles. The lowest BCUT2D eigenvalue weighted by Crippen LogP contribution is -2.30. The molecule has 4 atom stereocenters. The molecule has 154 valence electrons. The van der Waals surface area contributed by atoms with Gasteiger partial charge in [-0.2, -0.15) is 0 Å². The van der Waals surface area contributed by atoms with Gasteiger partial charge < -0.3 is 14.0 Å². The Morgan fingerprint density at radius 2 is 2.07 bits per heavy atom. The third kappa shape index (κ3) is 3.42. The number of aryl methyl sites for hydroxylation is 1. The van der Waals surface area contributed by atoms with Crippen molar-refractivity contribution in [2.24, 2.45) is 5.92 Å². The highest BCUT2D eigenvalue weighted by Gasteiger charge is 2.45. The predicted octanol–water partition coefficient (Wildman–Crippen LogP) is 5.11. The maximum Gasteiger partial charge on any atom is 0.338 e. The normalized spacial score (nSPS) is 23.4. The van der Waals surface area contributed by atoms with Crippen LogP contribution in [-0.4, -0.2) is 32.7 Å². The van der Waals surface area contributed by atoms with Gasteiger partial charge in [0.25, 0.3) is 0 Å². The van der Waals surface area contributed by atoms with Crippen LogP contribution in [0.25, 0.3) is 15.9 Å². The molecular formula is C22H21ClN4O3. The minimum Gasteiger partial charge on any atom is -0.454 e. The van der Waals surface area contributed by atoms with Gasteiger partial charge in [0.1, 0.15) is 16.6 Å². The Labute approximate surface area is 179 Å². The highest BCUT2D eigenvalue weighted by Crippen LogP contribution is 2.42. The molecule has 0 N–H and O–H groups in total. The van der Waals surface area contributed by atoms with Crippen LogP contribution >= 0.6 is 11.6 Å². The van der Waals surface area contributed by atoms with Crippen LogP contribution in [0.1, 0.15) is 42.7 Å². The largest absolute Gasteiger partial charge is 0.454 e. The van der Waals surface area contributed by atoms with E-state index in [1.165, 1.54) is 0 Å². The zero-order chi connectivity index (χ0) is 21.4. The van der Waals surface area contributed by atoms with E-state index in [0.717, 1.165) is 6.42 Å². The fraction of sp³-hybridized carbons (Fsp3) is 0.364. The van der Waals surface area contributed by atoms with Crippen molar-refractivity contribution in [3.05, 3.63) is 64.5 Å². The Morgan fingerprint density at radius 1 is 1.33 bits per heavy atom. The summed E-state index contributed by atoms with van der Waals surface area (Å²) in [4.78, 5) is 25.0. The number of carbonyl (C=O) groups is 1. The number of carbonyl (C=O) groups excluding carboxylic acids is 1. The van der Waals surface area contributed by atoms with Gasteiger partial charge >= 0.3 is 5.97 Å². The monoisotopic (exact) mass is 424 g/mol. The Morgan fingerprint density at radius 3 is 2.73 bits per heavy atom. The maximum absolute atomic E-state index is 12.8. The summed E-state index contributed by atoms with van der Waals surface area (Å²) in [6.45, 7) is 13.3. The zero-order valence-corrected chi connectivity index (χ0v) is 17.6. The number of aromatic nitrogens is 3. The van der Waals surface area contributed by atoms with Gasteiger partial charge in [-0.25, -0.2) is 19.6 Å². The molecule has 0 spiro atoms. The van der Waals surface area contributed by atoms with Gasteiger partial charge in [0.05, 0.1) is 23.6 Å². The van der Waals surface area contributed by atoms with Crippen LogP contribution in [0.2, 0.25) is 5.15 Å². The van der Waals surface area contributed by atoms with Crippen molar-refractivity contribution < 1.29 is 14.3 Å². The van der Waals surface area contributed by atoms with Crippen molar-refractivity contribution in [3.8, 4) is 0 Å². The average Bonchev–Trinajstić information content (AvgIpc) is 3.26. The zero-order valence-electron chi connectivity index (χ0n) is 16.9. The van der Waals surface area contributed by atoms with E-state index in [1.54, 1.807) is 42.0 Å². The molecule has 1 unspecified atom stereocenters. The first kappa shape index (κ1) is 20.3. The lowest BCUT2D eigenvalue weighted by molar-refractivity contribution is -0.0466. The number of ether oxygens (including phenoxy) is 2. The van der Waals surface area contributed by atoms with E-state index in [-0.39, 0.29) is 17.2 Å². The Hall–Kier alpha value is -2.95. The summed E-state index contributed by atoms with van der Waals surface area (Å²) >= 11 is 6.32. The van der Waals surface area contributed by atoms with Crippen molar-refractivity contribution in [3.63, 3.8) is 0 Å². The van der Waals surface area contributed by atoms with Crippen molar-refractivity contribution in [1.29, 1.82) is 0 Å². The topological polar surface area (TPSA) is 70.6 Å². The highest BCUT2D eigenvalue weighted by atomic mass is 35.5. The van der Waals surface area contributed by atoms with Gasteiger partial charge in [0.2, 0.25) is 5.69 Å². The molecular weight excluding hydrogens is 404 g/mol. The van der Waals surface area contributed by atoms with E-state index in [2.05, 4.69) is 14.8 Å². The van der Waals surface area contributed by atoms with Crippen LogP contribution in [0, 0.1) is 19.4 Å². The second kappa shape index (κ2) is 8.05. The molecule has 30 heavy (non-hydrogen) atoms. The number of nitrogens with zero attached hydrogens (tertiary/aromatic N) is 4. The Bertz CT molecular complexity index is 1140. The van der Waals surface area contributed by atoms with E-state index in [0.29, 0.717) is 28.1 Å². The first-order valence-corrected chi connectivity index (χ1v) is 10.2. The first-order valence-electron chi connectivity index (χ1n) is 9.78. The second-order valence-electron chi connectivity index (χ2n) is 7.36. The predicted molar refractivity (Wildman–Crippen MR) is 113 cm³/mol. The smallest absolute Gasteiger partial charge is 0.338 e. The van der Waals surface area contributed by atoms with E-state index in [9.17, 15) is 4.79 Å². The molecule has 0 aliphatic carbocycles. The molecule has 3 heterocycles. The molecule has 1 aliphatic heterocycles. The minimum absolute atomic E-state index is 0.0418. The van der Waals surface area contributed by atoms with Crippen LogP contribution in [-0.2, 0) is 9.47 Å². The maximum atomic E-state index is 12.8. The van der Waals surface area contributed by atoms with Crippen molar-refractivity contribution >= 4 is 34.3 Å². The van der Waals surface area contributed by atoms with Crippen LogP contribution in [0.15, 0.2) is 36.5 Å². The SMILES string of the molecule is [C-]#[N+]c1cn([C@@H]2O[C@H](CC)[C@@H](C)C2OC(=O)c2ccccc2)c2nc(C)nc(Cl)c12. The summed E-state index contributed by atoms with van der Waals surface area (Å²) in [6.07, 6.45) is 1.14. The molecule has 8 heteroatoms. The summed E-state index contributed by atoms with van der Waals surface area (Å²) in [5, 5.41) is 0.694. The minimum atomic E-state index is -0.624. The van der Waals surface area contributed by atoms with Gasteiger partial charge in [-0.3, -0.25) is 0 Å². The van der Waals surface area contributed by atoms with Crippen LogP contribution in [0.4, 0.5) is 5.69 Å². The third-order valence-electron chi connectivity index (χ3n) is 5.47. The first-order chi connectivity index (χ1) is 14.4. The van der Waals surface area contributed by atoms with E-state index >= 15 is 0 Å². The van der Waals surface area contributed by atoms with Crippen molar-refractivity contribution in [2.45, 2.75) is 45.6 Å². The van der Waals surface area contributed by atoms with Crippen LogP contribution in [0.3, 0.4) is 0 Å². The molecule has 4 rings (SSSR count). The number of fused-ring (bicyclic) bond motifs is 1. The molecule has 1 aliphatic rings.